The number of fused-ring (bicyclic) bond motifs is 1. The molecule has 13 nitrogen and oxygen atoms in total. The number of β-lactam (4-membered cyclic amide) rings is 1. The standard InChI is InChI=1S/C35H37N5O8S/c1-4-16-38(20(2)41)26-13-10-22(11-14-26)27-15-12-24(31(43)37-27)17-39(32(44)28(36)23-8-6-5-7-9-23)30-33(45)40-29(35(46)47)25(18-48-21(3)42)19-49-34(30)40/h5-15,28,30,34H,4,16-19,36H2,1-3H3,(H,37,43)(H,46,47)/t28?,30?,34-/m0/s1. The number of thioether (sulfide) groups is 1. The molecule has 0 spiro atoms. The molecule has 1 fully saturated rings. The van der Waals surface area contributed by atoms with Gasteiger partial charge in [0.25, 0.3) is 11.5 Å². The number of esters is 1. The van der Waals surface area contributed by atoms with Gasteiger partial charge >= 0.3 is 11.9 Å². The van der Waals surface area contributed by atoms with Gasteiger partial charge in [0.05, 0.1) is 6.54 Å². The van der Waals surface area contributed by atoms with Crippen molar-refractivity contribution in [2.24, 2.45) is 5.73 Å². The van der Waals surface area contributed by atoms with Gasteiger partial charge in [-0.1, -0.05) is 49.4 Å². The average molecular weight is 688 g/mol. The van der Waals surface area contributed by atoms with Gasteiger partial charge in [0, 0.05) is 48.7 Å². The van der Waals surface area contributed by atoms with Crippen LogP contribution in [0.1, 0.15) is 44.4 Å². The lowest BCUT2D eigenvalue weighted by Crippen LogP contribution is -2.71. The predicted octanol–water partition coefficient (Wildman–Crippen LogP) is 3.02. The molecule has 5 rings (SSSR count). The van der Waals surface area contributed by atoms with Crippen LogP contribution in [0.25, 0.3) is 11.3 Å². The number of pyridine rings is 1. The van der Waals surface area contributed by atoms with E-state index in [9.17, 15) is 33.9 Å². The molecule has 3 aromatic rings. The van der Waals surface area contributed by atoms with Crippen molar-refractivity contribution in [3.05, 3.63) is 99.5 Å². The maximum atomic E-state index is 14.0. The number of rotatable bonds is 12. The monoisotopic (exact) mass is 687 g/mol. The normalized spacial score (nSPS) is 17.5. The number of nitrogens with two attached hydrogens (primary N) is 1. The lowest BCUT2D eigenvalue weighted by Gasteiger charge is -2.53. The molecule has 3 atom stereocenters. The number of amides is 3. The molecule has 14 heteroatoms. The number of benzene rings is 2. The molecule has 2 aliphatic rings. The smallest absolute Gasteiger partial charge is 0.352 e. The van der Waals surface area contributed by atoms with Crippen LogP contribution in [0.5, 0.6) is 0 Å². The summed E-state index contributed by atoms with van der Waals surface area (Å²) in [5, 5.41) is 9.23. The summed E-state index contributed by atoms with van der Waals surface area (Å²) in [6.45, 7) is 4.71. The third kappa shape index (κ3) is 7.29. The number of aliphatic carboxylic acids is 1. The van der Waals surface area contributed by atoms with E-state index in [2.05, 4.69) is 4.98 Å². The first kappa shape index (κ1) is 35.1. The minimum atomic E-state index is -1.36. The zero-order valence-corrected chi connectivity index (χ0v) is 28.1. The minimum absolute atomic E-state index is 0.0734. The first-order chi connectivity index (χ1) is 23.4. The summed E-state index contributed by atoms with van der Waals surface area (Å²) in [5.74, 6) is -3.16. The first-order valence-corrected chi connectivity index (χ1v) is 16.7. The zero-order chi connectivity index (χ0) is 35.4. The number of aromatic amines is 1. The SMILES string of the molecule is CCCN(C(C)=O)c1ccc(-c2ccc(CN(C(=O)C(N)c3ccccc3)C3C(=O)N4C(C(=O)O)=C(COC(C)=O)CS[C@@H]34)c(=O)[nH]2)cc1. The Kier molecular flexibility index (Phi) is 10.7. The lowest BCUT2D eigenvalue weighted by molar-refractivity contribution is -0.161. The fourth-order valence-corrected chi connectivity index (χ4v) is 7.30. The quantitative estimate of drug-likeness (QED) is 0.189. The molecule has 2 unspecified atom stereocenters. The number of nitrogens with one attached hydrogen (secondary N) is 1. The highest BCUT2D eigenvalue weighted by Crippen LogP contribution is 2.43. The average Bonchev–Trinajstić information content (AvgIpc) is 3.09. The highest BCUT2D eigenvalue weighted by atomic mass is 32.2. The number of carboxylic acids is 1. The maximum absolute atomic E-state index is 14.0. The number of H-pyrrole nitrogens is 1. The molecule has 0 bridgehead atoms. The van der Waals surface area contributed by atoms with Gasteiger partial charge in [0.2, 0.25) is 11.8 Å². The van der Waals surface area contributed by atoms with Gasteiger partial charge < -0.3 is 30.4 Å². The molecule has 2 aliphatic heterocycles. The fourth-order valence-electron chi connectivity index (χ4n) is 5.91. The largest absolute Gasteiger partial charge is 0.477 e. The summed E-state index contributed by atoms with van der Waals surface area (Å²) < 4.78 is 5.02. The summed E-state index contributed by atoms with van der Waals surface area (Å²) >= 11 is 1.23. The van der Waals surface area contributed by atoms with E-state index in [1.54, 1.807) is 71.6 Å². The van der Waals surface area contributed by atoms with Gasteiger partial charge in [0.15, 0.2) is 0 Å². The van der Waals surface area contributed by atoms with Crippen LogP contribution in [0.15, 0.2) is 82.8 Å². The molecule has 49 heavy (non-hydrogen) atoms. The Morgan fingerprint density at radius 2 is 1.73 bits per heavy atom. The van der Waals surface area contributed by atoms with E-state index >= 15 is 0 Å². The number of aromatic nitrogens is 1. The number of nitrogens with zero attached hydrogens (tertiary/aromatic N) is 3. The van der Waals surface area contributed by atoms with Crippen molar-refractivity contribution in [1.82, 2.24) is 14.8 Å². The van der Waals surface area contributed by atoms with Gasteiger partial charge in [-0.2, -0.15) is 0 Å². The van der Waals surface area contributed by atoms with E-state index in [-0.39, 0.29) is 41.6 Å². The summed E-state index contributed by atoms with van der Waals surface area (Å²) in [5.41, 5.74) is 8.53. The topological polar surface area (TPSA) is 183 Å². The highest BCUT2D eigenvalue weighted by molar-refractivity contribution is 8.00. The van der Waals surface area contributed by atoms with Gasteiger partial charge in [-0.25, -0.2) is 4.79 Å². The van der Waals surface area contributed by atoms with E-state index in [0.29, 0.717) is 23.4 Å². The Balaban J connectivity index is 1.44. The van der Waals surface area contributed by atoms with E-state index in [0.717, 1.165) is 17.0 Å². The van der Waals surface area contributed by atoms with Gasteiger partial charge in [0.1, 0.15) is 29.8 Å². The number of carbonyl (C=O) groups is 5. The number of anilines is 1. The first-order valence-electron chi connectivity index (χ1n) is 15.7. The highest BCUT2D eigenvalue weighted by Gasteiger charge is 2.57. The number of ether oxygens (including phenoxy) is 1. The Hall–Kier alpha value is -5.21. The molecule has 3 amide bonds. The second-order valence-corrected chi connectivity index (χ2v) is 12.8. The van der Waals surface area contributed by atoms with Crippen molar-refractivity contribution in [2.75, 3.05) is 23.8 Å². The molecule has 1 saturated heterocycles. The Bertz CT molecular complexity index is 1860. The molecule has 0 aliphatic carbocycles. The van der Waals surface area contributed by atoms with Gasteiger partial charge in [-0.3, -0.25) is 28.9 Å². The molecular formula is C35H37N5O8S. The Morgan fingerprint density at radius 3 is 2.33 bits per heavy atom. The van der Waals surface area contributed by atoms with Crippen LogP contribution in [-0.2, 0) is 35.3 Å². The van der Waals surface area contributed by atoms with Crippen molar-refractivity contribution >= 4 is 47.1 Å². The molecule has 3 heterocycles. The number of hydrogen-bond donors (Lipinski definition) is 3. The van der Waals surface area contributed by atoms with Crippen LogP contribution < -0.4 is 16.2 Å². The van der Waals surface area contributed by atoms with Gasteiger partial charge in [-0.05, 0) is 41.8 Å². The predicted molar refractivity (Wildman–Crippen MR) is 183 cm³/mol. The van der Waals surface area contributed by atoms with Crippen LogP contribution in [-0.4, -0.2) is 79.9 Å². The summed E-state index contributed by atoms with van der Waals surface area (Å²) in [6, 6.07) is 16.8. The molecule has 0 saturated carbocycles. The molecule has 4 N–H and O–H groups in total. The fraction of sp³-hybridized carbons (Fsp3) is 0.314. The van der Waals surface area contributed by atoms with Crippen LogP contribution in [0.4, 0.5) is 5.69 Å². The van der Waals surface area contributed by atoms with Gasteiger partial charge in [-0.15, -0.1) is 11.8 Å². The van der Waals surface area contributed by atoms with E-state index in [1.165, 1.54) is 30.5 Å². The molecule has 256 valence electrons. The molecule has 1 aromatic heterocycles. The second kappa shape index (κ2) is 14.9. The van der Waals surface area contributed by atoms with E-state index < -0.39 is 46.8 Å². The van der Waals surface area contributed by atoms with E-state index in [4.69, 9.17) is 10.5 Å². The van der Waals surface area contributed by atoms with Crippen LogP contribution in [0, 0.1) is 0 Å². The summed E-state index contributed by atoms with van der Waals surface area (Å²) in [7, 11) is 0. The van der Waals surface area contributed by atoms with Crippen molar-refractivity contribution in [3.63, 3.8) is 0 Å². The third-order valence-corrected chi connectivity index (χ3v) is 9.69. The molecular weight excluding hydrogens is 650 g/mol. The van der Waals surface area contributed by atoms with Crippen molar-refractivity contribution < 1.29 is 33.8 Å². The lowest BCUT2D eigenvalue weighted by atomic mass is 9.98. The van der Waals surface area contributed by atoms with Crippen molar-refractivity contribution in [3.8, 4) is 11.3 Å². The summed E-state index contributed by atoms with van der Waals surface area (Å²) in [6.07, 6.45) is 0.796. The maximum Gasteiger partial charge on any atom is 0.352 e. The molecule has 0 radical (unpaired) electrons. The molecule has 2 aromatic carbocycles. The van der Waals surface area contributed by atoms with Crippen LogP contribution >= 0.6 is 11.8 Å². The third-order valence-electron chi connectivity index (χ3n) is 8.36. The number of hydrogen-bond acceptors (Lipinski definition) is 9. The van der Waals surface area contributed by atoms with Crippen LogP contribution in [0.2, 0.25) is 0 Å². The summed E-state index contributed by atoms with van der Waals surface area (Å²) in [4.78, 5) is 83.9. The van der Waals surface area contributed by atoms with E-state index in [1.807, 2.05) is 6.92 Å². The number of carbonyl (C=O) groups excluding carboxylic acids is 4. The van der Waals surface area contributed by atoms with Crippen LogP contribution in [0.3, 0.4) is 0 Å². The number of carboxylic acid groups (broad SMARTS) is 1. The van der Waals surface area contributed by atoms with Crippen molar-refractivity contribution in [2.45, 2.75) is 51.2 Å². The van der Waals surface area contributed by atoms with Crippen molar-refractivity contribution in [1.29, 1.82) is 0 Å². The Morgan fingerprint density at radius 1 is 1.04 bits per heavy atom. The zero-order valence-electron chi connectivity index (χ0n) is 27.3. The minimum Gasteiger partial charge on any atom is -0.477 e. The Labute approximate surface area is 286 Å². The second-order valence-electron chi connectivity index (χ2n) is 11.7.